The molecule has 1 amide bonds. The van der Waals surface area contributed by atoms with Gasteiger partial charge in [-0.1, -0.05) is 0 Å². The number of ether oxygens (including phenoxy) is 2. The minimum Gasteiger partial charge on any atom is -0.489 e. The van der Waals surface area contributed by atoms with Crippen LogP contribution >= 0.6 is 0 Å². The summed E-state index contributed by atoms with van der Waals surface area (Å²) >= 11 is 0. The van der Waals surface area contributed by atoms with Gasteiger partial charge in [-0.3, -0.25) is 4.79 Å². The Balaban J connectivity index is 1.77. The Morgan fingerprint density at radius 1 is 1.41 bits per heavy atom. The molecule has 3 rings (SSSR count). The molecule has 1 aromatic rings. The van der Waals surface area contributed by atoms with Crippen LogP contribution in [0.3, 0.4) is 0 Å². The molecule has 0 aliphatic carbocycles. The Labute approximate surface area is 99.1 Å². The van der Waals surface area contributed by atoms with Gasteiger partial charge >= 0.3 is 0 Å². The van der Waals surface area contributed by atoms with Crippen LogP contribution in [0.4, 0.5) is 5.69 Å². The van der Waals surface area contributed by atoms with E-state index in [1.165, 1.54) is 0 Å². The van der Waals surface area contributed by atoms with E-state index < -0.39 is 0 Å². The van der Waals surface area contributed by atoms with Crippen LogP contribution in [-0.4, -0.2) is 31.7 Å². The summed E-state index contributed by atoms with van der Waals surface area (Å²) in [6, 6.07) is 5.51. The molecule has 5 heteroatoms. The maximum absolute atomic E-state index is 11.2. The summed E-state index contributed by atoms with van der Waals surface area (Å²) in [5.41, 5.74) is 0.685. The maximum atomic E-state index is 11.2. The number of amides is 1. The molecule has 5 nitrogen and oxygen atoms in total. The maximum Gasteiger partial charge on any atom is 0.262 e. The molecule has 2 heterocycles. The second-order valence-electron chi connectivity index (χ2n) is 4.23. The molecule has 2 N–H and O–H groups in total. The van der Waals surface area contributed by atoms with E-state index in [4.69, 9.17) is 9.47 Å². The van der Waals surface area contributed by atoms with Crippen molar-refractivity contribution in [2.24, 2.45) is 0 Å². The third-order valence-electron chi connectivity index (χ3n) is 2.90. The monoisotopic (exact) mass is 234 g/mol. The number of carbonyl (C=O) groups excluding carboxylic acids is 1. The minimum absolute atomic E-state index is 0.0831. The normalized spacial score (nSPS) is 22.6. The van der Waals surface area contributed by atoms with Gasteiger partial charge in [-0.25, -0.2) is 0 Å². The van der Waals surface area contributed by atoms with E-state index in [-0.39, 0.29) is 18.6 Å². The quantitative estimate of drug-likeness (QED) is 0.793. The summed E-state index contributed by atoms with van der Waals surface area (Å²) in [7, 11) is 0. The highest BCUT2D eigenvalue weighted by Crippen LogP contribution is 2.32. The number of anilines is 1. The van der Waals surface area contributed by atoms with Crippen LogP contribution in [0.2, 0.25) is 0 Å². The first-order valence-corrected chi connectivity index (χ1v) is 5.75. The molecule has 0 bridgehead atoms. The van der Waals surface area contributed by atoms with Gasteiger partial charge in [-0.15, -0.1) is 0 Å². The lowest BCUT2D eigenvalue weighted by Gasteiger charge is -2.19. The Bertz CT molecular complexity index is 441. The van der Waals surface area contributed by atoms with Gasteiger partial charge in [0.05, 0.1) is 5.69 Å². The second-order valence-corrected chi connectivity index (χ2v) is 4.23. The number of hydrogen-bond acceptors (Lipinski definition) is 4. The highest BCUT2D eigenvalue weighted by molar-refractivity contribution is 5.95. The van der Waals surface area contributed by atoms with Crippen molar-refractivity contribution in [1.29, 1.82) is 0 Å². The fourth-order valence-electron chi connectivity index (χ4n) is 2.06. The SMILES string of the molecule is O=C1COc2ccc(O[C@H]3CCNC3)cc2N1. The third-order valence-corrected chi connectivity index (χ3v) is 2.90. The third kappa shape index (κ3) is 2.19. The molecule has 0 unspecified atom stereocenters. The Morgan fingerprint density at radius 3 is 3.18 bits per heavy atom. The lowest BCUT2D eigenvalue weighted by molar-refractivity contribution is -0.118. The van der Waals surface area contributed by atoms with Crippen molar-refractivity contribution in [1.82, 2.24) is 5.32 Å². The molecule has 1 aromatic carbocycles. The van der Waals surface area contributed by atoms with Crippen LogP contribution in [0.1, 0.15) is 6.42 Å². The minimum atomic E-state index is -0.128. The van der Waals surface area contributed by atoms with Gasteiger partial charge < -0.3 is 20.1 Å². The van der Waals surface area contributed by atoms with E-state index >= 15 is 0 Å². The molecule has 17 heavy (non-hydrogen) atoms. The summed E-state index contributed by atoms with van der Waals surface area (Å²) < 4.78 is 11.1. The van der Waals surface area contributed by atoms with Gasteiger partial charge in [0.15, 0.2) is 6.61 Å². The molecule has 2 aliphatic heterocycles. The first kappa shape index (κ1) is 10.4. The fraction of sp³-hybridized carbons (Fsp3) is 0.417. The molecule has 1 saturated heterocycles. The molecular formula is C12H14N2O3. The van der Waals surface area contributed by atoms with E-state index in [0.29, 0.717) is 11.4 Å². The summed E-state index contributed by atoms with van der Waals surface area (Å²) in [4.78, 5) is 11.2. The lowest BCUT2D eigenvalue weighted by atomic mass is 10.2. The summed E-state index contributed by atoms with van der Waals surface area (Å²) in [5, 5.41) is 6.01. The zero-order chi connectivity index (χ0) is 11.7. The van der Waals surface area contributed by atoms with Gasteiger partial charge in [-0.2, -0.15) is 0 Å². The van der Waals surface area contributed by atoms with Gasteiger partial charge in [0, 0.05) is 12.6 Å². The number of carbonyl (C=O) groups is 1. The topological polar surface area (TPSA) is 59.6 Å². The highest BCUT2D eigenvalue weighted by atomic mass is 16.5. The highest BCUT2D eigenvalue weighted by Gasteiger charge is 2.19. The lowest BCUT2D eigenvalue weighted by Crippen LogP contribution is -2.25. The van der Waals surface area contributed by atoms with Crippen molar-refractivity contribution in [3.05, 3.63) is 18.2 Å². The standard InChI is InChI=1S/C12H14N2O3/c15-12-7-16-11-2-1-8(5-10(11)14-12)17-9-3-4-13-6-9/h1-2,5,9,13H,3-4,6-7H2,(H,14,15)/t9-/m0/s1. The van der Waals surface area contributed by atoms with Crippen molar-refractivity contribution < 1.29 is 14.3 Å². The van der Waals surface area contributed by atoms with Gasteiger partial charge in [0.1, 0.15) is 17.6 Å². The second kappa shape index (κ2) is 4.25. The number of benzene rings is 1. The predicted molar refractivity (Wildman–Crippen MR) is 62.5 cm³/mol. The molecule has 1 fully saturated rings. The predicted octanol–water partition coefficient (Wildman–Crippen LogP) is 0.758. The molecule has 0 spiro atoms. The zero-order valence-corrected chi connectivity index (χ0v) is 9.36. The number of fused-ring (bicyclic) bond motifs is 1. The van der Waals surface area contributed by atoms with Crippen molar-refractivity contribution in [3.8, 4) is 11.5 Å². The summed E-state index contributed by atoms with van der Waals surface area (Å²) in [6.45, 7) is 1.95. The van der Waals surface area contributed by atoms with E-state index in [1.807, 2.05) is 18.2 Å². The van der Waals surface area contributed by atoms with E-state index in [0.717, 1.165) is 25.3 Å². The Hall–Kier alpha value is -1.75. The number of nitrogens with one attached hydrogen (secondary N) is 2. The van der Waals surface area contributed by atoms with Crippen molar-refractivity contribution >= 4 is 11.6 Å². The average Bonchev–Trinajstić information content (AvgIpc) is 2.81. The van der Waals surface area contributed by atoms with Crippen LogP contribution in [0.5, 0.6) is 11.5 Å². The van der Waals surface area contributed by atoms with Crippen LogP contribution in [0.25, 0.3) is 0 Å². The average molecular weight is 234 g/mol. The molecule has 0 saturated carbocycles. The van der Waals surface area contributed by atoms with Crippen LogP contribution < -0.4 is 20.1 Å². The summed E-state index contributed by atoms with van der Waals surface area (Å²) in [6.07, 6.45) is 1.23. The van der Waals surface area contributed by atoms with Crippen molar-refractivity contribution in [2.75, 3.05) is 25.0 Å². The Morgan fingerprint density at radius 2 is 2.35 bits per heavy atom. The van der Waals surface area contributed by atoms with Crippen LogP contribution in [0, 0.1) is 0 Å². The molecule has 90 valence electrons. The Kier molecular flexibility index (Phi) is 2.60. The number of hydrogen-bond donors (Lipinski definition) is 2. The van der Waals surface area contributed by atoms with E-state index in [9.17, 15) is 4.79 Å². The smallest absolute Gasteiger partial charge is 0.262 e. The molecular weight excluding hydrogens is 220 g/mol. The summed E-state index contributed by atoms with van der Waals surface area (Å²) in [5.74, 6) is 1.34. The first-order valence-electron chi connectivity index (χ1n) is 5.75. The molecule has 0 radical (unpaired) electrons. The van der Waals surface area contributed by atoms with Gasteiger partial charge in [-0.05, 0) is 25.1 Å². The zero-order valence-electron chi connectivity index (χ0n) is 9.36. The largest absolute Gasteiger partial charge is 0.489 e. The molecule has 0 aromatic heterocycles. The first-order chi connectivity index (χ1) is 8.31. The van der Waals surface area contributed by atoms with Gasteiger partial charge in [0.25, 0.3) is 5.91 Å². The van der Waals surface area contributed by atoms with Crippen LogP contribution in [-0.2, 0) is 4.79 Å². The fourth-order valence-corrected chi connectivity index (χ4v) is 2.06. The van der Waals surface area contributed by atoms with Crippen LogP contribution in [0.15, 0.2) is 18.2 Å². The van der Waals surface area contributed by atoms with Crippen molar-refractivity contribution in [2.45, 2.75) is 12.5 Å². The van der Waals surface area contributed by atoms with Crippen molar-refractivity contribution in [3.63, 3.8) is 0 Å². The molecule has 2 aliphatic rings. The van der Waals surface area contributed by atoms with E-state index in [1.54, 1.807) is 0 Å². The van der Waals surface area contributed by atoms with E-state index in [2.05, 4.69) is 10.6 Å². The number of rotatable bonds is 2. The molecule has 1 atom stereocenters. The van der Waals surface area contributed by atoms with Gasteiger partial charge in [0.2, 0.25) is 0 Å².